The summed E-state index contributed by atoms with van der Waals surface area (Å²) in [5.41, 5.74) is -0.146. The Morgan fingerprint density at radius 3 is 2.18 bits per heavy atom. The minimum absolute atomic E-state index is 0.185. The number of rotatable bonds is 5. The Hall–Kier alpha value is -3.10. The minimum Gasteiger partial charge on any atom is -0.443 e. The van der Waals surface area contributed by atoms with E-state index in [4.69, 9.17) is 9.47 Å². The van der Waals surface area contributed by atoms with Crippen molar-refractivity contribution < 1.29 is 19.1 Å². The van der Waals surface area contributed by atoms with Crippen LogP contribution in [-0.2, 0) is 16.0 Å². The van der Waals surface area contributed by atoms with Gasteiger partial charge in [-0.3, -0.25) is 4.57 Å². The molecule has 33 heavy (non-hydrogen) atoms. The summed E-state index contributed by atoms with van der Waals surface area (Å²) < 4.78 is 13.4. The van der Waals surface area contributed by atoms with E-state index in [1.54, 1.807) is 66.0 Å². The molecule has 9 nitrogen and oxygen atoms in total. The molecule has 2 rings (SSSR count). The summed E-state index contributed by atoms with van der Waals surface area (Å²) in [6.07, 6.45) is 0.287. The molecule has 9 heteroatoms. The lowest BCUT2D eigenvalue weighted by atomic mass is 10.2. The molecule has 1 aromatic carbocycles. The second-order valence-electron chi connectivity index (χ2n) is 10.3. The van der Waals surface area contributed by atoms with Gasteiger partial charge in [0.2, 0.25) is 0 Å². The number of amides is 1. The lowest BCUT2D eigenvalue weighted by Crippen LogP contribution is -2.35. The molecule has 2 aromatic rings. The normalized spacial score (nSPS) is 12.5. The first-order valence-corrected chi connectivity index (χ1v) is 11.2. The van der Waals surface area contributed by atoms with Gasteiger partial charge < -0.3 is 9.47 Å². The van der Waals surface area contributed by atoms with Crippen LogP contribution >= 0.6 is 0 Å². The predicted octanol–water partition coefficient (Wildman–Crippen LogP) is 4.83. The molecule has 0 spiro atoms. The molecule has 1 amide bonds. The lowest BCUT2D eigenvalue weighted by molar-refractivity contribution is 0.0234. The van der Waals surface area contributed by atoms with Gasteiger partial charge in [-0.25, -0.2) is 14.4 Å². The predicted molar refractivity (Wildman–Crippen MR) is 129 cm³/mol. The highest BCUT2D eigenvalue weighted by Gasteiger charge is 2.24. The maximum Gasteiger partial charge on any atom is 0.430 e. The Morgan fingerprint density at radius 1 is 1.06 bits per heavy atom. The Balaban J connectivity index is 2.45. The molecule has 0 aliphatic heterocycles. The van der Waals surface area contributed by atoms with Crippen LogP contribution in [0.3, 0.4) is 0 Å². The molecule has 1 heterocycles. The van der Waals surface area contributed by atoms with Crippen LogP contribution < -0.4 is 5.69 Å². The third-order valence-electron chi connectivity index (χ3n) is 4.33. The zero-order chi connectivity index (χ0) is 25.1. The number of hydrogen-bond donors (Lipinski definition) is 0. The van der Waals surface area contributed by atoms with Crippen LogP contribution in [0.5, 0.6) is 0 Å². The van der Waals surface area contributed by atoms with E-state index in [1.807, 2.05) is 20.8 Å². The topological polar surface area (TPSA) is 95.1 Å². The van der Waals surface area contributed by atoms with E-state index in [0.717, 1.165) is 4.57 Å². The van der Waals surface area contributed by atoms with Gasteiger partial charge >= 0.3 is 17.9 Å². The number of hydrazone groups is 1. The molecule has 0 saturated carbocycles. The largest absolute Gasteiger partial charge is 0.443 e. The minimum atomic E-state index is -0.731. The molecule has 0 bridgehead atoms. The number of hydrogen-bond acceptors (Lipinski definition) is 6. The second kappa shape index (κ2) is 9.80. The molecule has 1 aromatic heterocycles. The Bertz CT molecular complexity index is 1100. The van der Waals surface area contributed by atoms with Crippen LogP contribution in [0.1, 0.15) is 67.9 Å². The van der Waals surface area contributed by atoms with E-state index >= 15 is 0 Å². The van der Waals surface area contributed by atoms with Gasteiger partial charge in [0.05, 0.1) is 23.8 Å². The highest BCUT2D eigenvalue weighted by atomic mass is 16.6. The molecule has 0 saturated heterocycles. The van der Waals surface area contributed by atoms with E-state index < -0.39 is 29.1 Å². The Morgan fingerprint density at radius 2 is 1.67 bits per heavy atom. The summed E-state index contributed by atoms with van der Waals surface area (Å²) in [5, 5.41) is 5.63. The van der Waals surface area contributed by atoms with Crippen molar-refractivity contribution >= 4 is 29.4 Å². The molecule has 0 N–H and O–H groups in total. The zero-order valence-electron chi connectivity index (χ0n) is 21.1. The van der Waals surface area contributed by atoms with Crippen molar-refractivity contribution in [3.63, 3.8) is 0 Å². The third kappa shape index (κ3) is 6.94. The van der Waals surface area contributed by atoms with Crippen LogP contribution in [0.4, 0.5) is 9.59 Å². The Labute approximate surface area is 195 Å². The number of nitrogens with zero attached hydrogens (tertiary/aromatic N) is 4. The standard InChI is InChI=1S/C24H36N4O5/c1-10-26-19-13-17(14-25-27(15-16(2)3)21(30)32-23(4,5)6)11-12-18(19)28(20(26)29)22(31)33-24(7,8)9/h11-14,16H,10,15H2,1-9H3/b25-14+. The fourth-order valence-electron chi connectivity index (χ4n) is 3.11. The van der Waals surface area contributed by atoms with Crippen molar-refractivity contribution in [3.8, 4) is 0 Å². The van der Waals surface area contributed by atoms with E-state index in [9.17, 15) is 14.4 Å². The average molecular weight is 461 g/mol. The molecule has 0 atom stereocenters. The smallest absolute Gasteiger partial charge is 0.430 e. The van der Waals surface area contributed by atoms with Gasteiger partial charge in [-0.15, -0.1) is 0 Å². The van der Waals surface area contributed by atoms with Crippen molar-refractivity contribution in [2.24, 2.45) is 11.0 Å². The molecular formula is C24H36N4O5. The van der Waals surface area contributed by atoms with Crippen molar-refractivity contribution in [3.05, 3.63) is 34.2 Å². The number of benzene rings is 1. The van der Waals surface area contributed by atoms with Crippen LogP contribution in [-0.4, -0.2) is 50.3 Å². The number of carbonyl (C=O) groups excluding carboxylic acids is 2. The van der Waals surface area contributed by atoms with Gasteiger partial charge in [0.15, 0.2) is 0 Å². The fraction of sp³-hybridized carbons (Fsp3) is 0.583. The van der Waals surface area contributed by atoms with E-state index in [2.05, 4.69) is 5.10 Å². The van der Waals surface area contributed by atoms with Crippen LogP contribution in [0, 0.1) is 5.92 Å². The van der Waals surface area contributed by atoms with Gasteiger partial charge in [0.25, 0.3) is 0 Å². The summed E-state index contributed by atoms with van der Waals surface area (Å²) in [7, 11) is 0. The van der Waals surface area contributed by atoms with Crippen molar-refractivity contribution in [2.45, 2.75) is 80.1 Å². The van der Waals surface area contributed by atoms with E-state index in [-0.39, 0.29) is 5.92 Å². The van der Waals surface area contributed by atoms with Gasteiger partial charge in [-0.1, -0.05) is 19.9 Å². The quantitative estimate of drug-likeness (QED) is 0.470. The number of carbonyl (C=O) groups is 2. The third-order valence-corrected chi connectivity index (χ3v) is 4.33. The first kappa shape index (κ1) is 26.2. The monoisotopic (exact) mass is 460 g/mol. The highest BCUT2D eigenvalue weighted by Crippen LogP contribution is 2.18. The molecule has 182 valence electrons. The van der Waals surface area contributed by atoms with Gasteiger partial charge in [-0.2, -0.15) is 14.7 Å². The molecule has 0 fully saturated rings. The fourth-order valence-corrected chi connectivity index (χ4v) is 3.11. The number of ether oxygens (including phenoxy) is 2. The summed E-state index contributed by atoms with van der Waals surface area (Å²) >= 11 is 0. The van der Waals surface area contributed by atoms with Crippen molar-refractivity contribution in [2.75, 3.05) is 6.54 Å². The number of aromatic nitrogens is 2. The molecular weight excluding hydrogens is 424 g/mol. The average Bonchev–Trinajstić information content (AvgIpc) is 2.92. The van der Waals surface area contributed by atoms with Crippen LogP contribution in [0.15, 0.2) is 28.1 Å². The molecule has 0 unspecified atom stereocenters. The van der Waals surface area contributed by atoms with Crippen LogP contribution in [0.2, 0.25) is 0 Å². The highest BCUT2D eigenvalue weighted by molar-refractivity contribution is 5.92. The van der Waals surface area contributed by atoms with Gasteiger partial charge in [-0.05, 0) is 72.1 Å². The first-order chi connectivity index (χ1) is 15.1. The second-order valence-corrected chi connectivity index (χ2v) is 10.3. The molecule has 0 aliphatic rings. The number of fused-ring (bicyclic) bond motifs is 1. The summed E-state index contributed by atoms with van der Waals surface area (Å²) in [5.74, 6) is 0.185. The lowest BCUT2D eigenvalue weighted by Gasteiger charge is -2.25. The first-order valence-electron chi connectivity index (χ1n) is 11.2. The summed E-state index contributed by atoms with van der Waals surface area (Å²) in [4.78, 5) is 38.1. The number of aryl methyl sites for hydroxylation is 1. The zero-order valence-corrected chi connectivity index (χ0v) is 21.1. The maximum atomic E-state index is 12.9. The van der Waals surface area contributed by atoms with Crippen LogP contribution in [0.25, 0.3) is 11.0 Å². The summed E-state index contributed by atoms with van der Waals surface area (Å²) in [6.45, 7) is 17.2. The van der Waals surface area contributed by atoms with Crippen molar-refractivity contribution in [1.29, 1.82) is 0 Å². The van der Waals surface area contributed by atoms with Gasteiger partial charge in [0.1, 0.15) is 11.2 Å². The molecule has 0 radical (unpaired) electrons. The van der Waals surface area contributed by atoms with Crippen molar-refractivity contribution in [1.82, 2.24) is 14.1 Å². The van der Waals surface area contributed by atoms with E-state index in [0.29, 0.717) is 29.7 Å². The van der Waals surface area contributed by atoms with Gasteiger partial charge in [0, 0.05) is 6.54 Å². The molecule has 0 aliphatic carbocycles. The maximum absolute atomic E-state index is 12.9. The van der Waals surface area contributed by atoms with E-state index in [1.165, 1.54) is 9.58 Å². The summed E-state index contributed by atoms with van der Waals surface area (Å²) in [6, 6.07) is 5.16. The SMILES string of the molecule is CCn1c(=O)n(C(=O)OC(C)(C)C)c2ccc(/C=N/N(CC(C)C)C(=O)OC(C)(C)C)cc21. The Kier molecular flexibility index (Phi) is 7.77. The number of imidazole rings is 1.